The van der Waals surface area contributed by atoms with Crippen molar-refractivity contribution >= 4 is 17.6 Å². The van der Waals surface area contributed by atoms with Gasteiger partial charge in [0.25, 0.3) is 0 Å². The van der Waals surface area contributed by atoms with Crippen LogP contribution >= 0.6 is 0 Å². The summed E-state index contributed by atoms with van der Waals surface area (Å²) in [6.07, 6.45) is 6.07. The predicted octanol–water partition coefficient (Wildman–Crippen LogP) is 5.32. The number of carbonyl (C=O) groups is 1. The third-order valence-corrected chi connectivity index (χ3v) is 5.71. The smallest absolute Gasteiger partial charge is 0.335 e. The minimum Gasteiger partial charge on any atom is -0.496 e. The fraction of sp³-hybridized carbons (Fsp3) is 0.318. The fourth-order valence-corrected chi connectivity index (χ4v) is 4.37. The lowest BCUT2D eigenvalue weighted by atomic mass is 9.89. The van der Waals surface area contributed by atoms with Gasteiger partial charge in [0.05, 0.1) is 12.7 Å². The van der Waals surface area contributed by atoms with Crippen molar-refractivity contribution in [1.29, 1.82) is 0 Å². The molecule has 3 heteroatoms. The third-order valence-electron chi connectivity index (χ3n) is 5.71. The summed E-state index contributed by atoms with van der Waals surface area (Å²) in [5.74, 6) is 1.16. The Morgan fingerprint density at radius 2 is 1.80 bits per heavy atom. The summed E-state index contributed by atoms with van der Waals surface area (Å²) >= 11 is 0. The van der Waals surface area contributed by atoms with E-state index in [1.165, 1.54) is 30.4 Å². The van der Waals surface area contributed by atoms with Gasteiger partial charge in [0.15, 0.2) is 0 Å². The minimum absolute atomic E-state index is 0.236. The second-order valence-electron chi connectivity index (χ2n) is 7.14. The topological polar surface area (TPSA) is 46.5 Å². The second-order valence-corrected chi connectivity index (χ2v) is 7.14. The van der Waals surface area contributed by atoms with Crippen molar-refractivity contribution in [2.45, 2.75) is 38.0 Å². The number of aromatic carboxylic acids is 1. The Labute approximate surface area is 148 Å². The van der Waals surface area contributed by atoms with Crippen LogP contribution in [-0.4, -0.2) is 18.2 Å². The first-order valence-corrected chi connectivity index (χ1v) is 8.80. The fourth-order valence-electron chi connectivity index (χ4n) is 4.37. The zero-order valence-corrected chi connectivity index (χ0v) is 14.6. The van der Waals surface area contributed by atoms with Gasteiger partial charge in [-0.2, -0.15) is 0 Å². The van der Waals surface area contributed by atoms with Crippen LogP contribution < -0.4 is 4.74 Å². The van der Waals surface area contributed by atoms with E-state index in [4.69, 9.17) is 9.84 Å². The lowest BCUT2D eigenvalue weighted by molar-refractivity contribution is 0.0696. The maximum absolute atomic E-state index is 11.1. The van der Waals surface area contributed by atoms with E-state index < -0.39 is 5.97 Å². The summed E-state index contributed by atoms with van der Waals surface area (Å²) in [6, 6.07) is 11.9. The van der Waals surface area contributed by atoms with E-state index in [9.17, 15) is 4.79 Å². The molecule has 1 N–H and O–H groups in total. The average molecular weight is 334 g/mol. The first-order chi connectivity index (χ1) is 12.1. The summed E-state index contributed by atoms with van der Waals surface area (Å²) < 4.78 is 5.38. The number of hydrogen-bond acceptors (Lipinski definition) is 2. The number of carboxylic acid groups (broad SMARTS) is 1. The Hall–Kier alpha value is -2.55. The van der Waals surface area contributed by atoms with Crippen molar-refractivity contribution in [3.8, 4) is 5.75 Å². The zero-order valence-electron chi connectivity index (χ0n) is 14.6. The molecule has 2 aliphatic carbocycles. The molecule has 4 rings (SSSR count). The number of methoxy groups -OCH3 is 1. The molecule has 3 nitrogen and oxygen atoms in total. The van der Waals surface area contributed by atoms with Crippen LogP contribution in [0.25, 0.3) is 11.6 Å². The van der Waals surface area contributed by atoms with E-state index in [-0.39, 0.29) is 5.56 Å². The van der Waals surface area contributed by atoms with Gasteiger partial charge in [0, 0.05) is 5.56 Å². The lowest BCUT2D eigenvalue weighted by Gasteiger charge is -2.16. The van der Waals surface area contributed by atoms with Gasteiger partial charge in [-0.3, -0.25) is 0 Å². The minimum atomic E-state index is -0.945. The van der Waals surface area contributed by atoms with Crippen LogP contribution in [0.15, 0.2) is 36.4 Å². The number of ether oxygens (including phenoxy) is 1. The van der Waals surface area contributed by atoms with Gasteiger partial charge in [0.1, 0.15) is 5.75 Å². The molecule has 2 unspecified atom stereocenters. The van der Waals surface area contributed by atoms with Crippen molar-refractivity contribution in [2.24, 2.45) is 0 Å². The van der Waals surface area contributed by atoms with E-state index in [1.54, 1.807) is 30.9 Å². The molecule has 2 aromatic rings. The number of fused-ring (bicyclic) bond motifs is 5. The van der Waals surface area contributed by atoms with E-state index in [1.807, 2.05) is 0 Å². The summed E-state index contributed by atoms with van der Waals surface area (Å²) in [6.45, 7) is 2.10. The van der Waals surface area contributed by atoms with Gasteiger partial charge in [-0.15, -0.1) is 0 Å². The number of allylic oxidation sites excluding steroid dienone is 1. The van der Waals surface area contributed by atoms with Crippen LogP contribution in [0, 0.1) is 0 Å². The van der Waals surface area contributed by atoms with E-state index in [0.717, 1.165) is 23.0 Å². The van der Waals surface area contributed by atoms with Crippen molar-refractivity contribution < 1.29 is 14.6 Å². The van der Waals surface area contributed by atoms with Crippen LogP contribution in [0.3, 0.4) is 0 Å². The first-order valence-electron chi connectivity index (χ1n) is 8.80. The highest BCUT2D eigenvalue weighted by Crippen LogP contribution is 2.53. The Bertz CT molecular complexity index is 879. The molecule has 0 heterocycles. The van der Waals surface area contributed by atoms with Gasteiger partial charge in [-0.1, -0.05) is 24.3 Å². The highest BCUT2D eigenvalue weighted by molar-refractivity contribution is 5.90. The van der Waals surface area contributed by atoms with Gasteiger partial charge >= 0.3 is 5.97 Å². The van der Waals surface area contributed by atoms with E-state index >= 15 is 0 Å². The van der Waals surface area contributed by atoms with Crippen molar-refractivity contribution in [3.63, 3.8) is 0 Å². The molecule has 25 heavy (non-hydrogen) atoms. The number of hydrogen-bond donors (Lipinski definition) is 1. The molecule has 0 aliphatic heterocycles. The summed E-state index contributed by atoms with van der Waals surface area (Å²) in [5, 5.41) is 9.13. The zero-order chi connectivity index (χ0) is 17.6. The van der Waals surface area contributed by atoms with Crippen LogP contribution in [-0.2, 0) is 0 Å². The molecule has 0 radical (unpaired) electrons. The highest BCUT2D eigenvalue weighted by Gasteiger charge is 2.36. The number of rotatable bonds is 4. The van der Waals surface area contributed by atoms with Gasteiger partial charge < -0.3 is 9.84 Å². The molecule has 0 spiro atoms. The molecule has 2 aromatic carbocycles. The number of benzene rings is 2. The van der Waals surface area contributed by atoms with Crippen molar-refractivity contribution in [1.82, 2.24) is 0 Å². The number of carboxylic acids is 1. The molecular formula is C22H22O3. The molecule has 1 saturated carbocycles. The van der Waals surface area contributed by atoms with Crippen LogP contribution in [0.2, 0.25) is 0 Å². The van der Waals surface area contributed by atoms with Gasteiger partial charge in [-0.05, 0) is 78.5 Å². The molecular weight excluding hydrogens is 312 g/mol. The molecule has 2 bridgehead atoms. The molecule has 0 amide bonds. The standard InChI is InChI=1S/C22H22O3/c1-13(9-17-5-6-18(22(23)24)12-21(17)25-2)14-7-8-19-15-3-4-16(10-15)20(19)11-14/h5-9,11-12,15-16H,3-4,10H2,1-2H3,(H,23,24)/b13-9+. The maximum atomic E-state index is 11.1. The molecule has 128 valence electrons. The van der Waals surface area contributed by atoms with E-state index in [0.29, 0.717) is 5.75 Å². The molecule has 1 fully saturated rings. The van der Waals surface area contributed by atoms with Crippen molar-refractivity contribution in [3.05, 3.63) is 64.2 Å². The Morgan fingerprint density at radius 1 is 1.08 bits per heavy atom. The van der Waals surface area contributed by atoms with Gasteiger partial charge in [0.2, 0.25) is 0 Å². The van der Waals surface area contributed by atoms with E-state index in [2.05, 4.69) is 31.2 Å². The maximum Gasteiger partial charge on any atom is 0.335 e. The molecule has 0 aromatic heterocycles. The molecule has 0 saturated heterocycles. The van der Waals surface area contributed by atoms with Gasteiger partial charge in [-0.25, -0.2) is 4.79 Å². The monoisotopic (exact) mass is 334 g/mol. The quantitative estimate of drug-likeness (QED) is 0.770. The molecule has 2 atom stereocenters. The summed E-state index contributed by atoms with van der Waals surface area (Å²) in [5.41, 5.74) is 6.61. The SMILES string of the molecule is COc1cc(C(=O)O)ccc1/C=C(\C)c1ccc2c(c1)C1CCC2C1. The Balaban J connectivity index is 1.68. The molecule has 2 aliphatic rings. The largest absolute Gasteiger partial charge is 0.496 e. The van der Waals surface area contributed by atoms with Crippen LogP contribution in [0.4, 0.5) is 0 Å². The Morgan fingerprint density at radius 3 is 2.52 bits per heavy atom. The normalized spacial score (nSPS) is 21.3. The third kappa shape index (κ3) is 2.74. The first kappa shape index (κ1) is 15.9. The summed E-state index contributed by atoms with van der Waals surface area (Å²) in [4.78, 5) is 11.1. The van der Waals surface area contributed by atoms with Crippen LogP contribution in [0.1, 0.15) is 70.6 Å². The average Bonchev–Trinajstić information content (AvgIpc) is 3.23. The Kier molecular flexibility index (Phi) is 3.87. The van der Waals surface area contributed by atoms with Crippen LogP contribution in [0.5, 0.6) is 5.75 Å². The predicted molar refractivity (Wildman–Crippen MR) is 99.3 cm³/mol. The van der Waals surface area contributed by atoms with Crippen molar-refractivity contribution in [2.75, 3.05) is 7.11 Å². The summed E-state index contributed by atoms with van der Waals surface area (Å²) in [7, 11) is 1.57. The lowest BCUT2D eigenvalue weighted by Crippen LogP contribution is -1.99. The highest BCUT2D eigenvalue weighted by atomic mass is 16.5. The second kappa shape index (κ2) is 6.07.